The Balaban J connectivity index is 1.68. The molecule has 0 saturated carbocycles. The fourth-order valence-corrected chi connectivity index (χ4v) is 3.69. The zero-order valence-electron chi connectivity index (χ0n) is 11.7. The normalized spacial score (nSPS) is 32.9. The lowest BCUT2D eigenvalue weighted by molar-refractivity contribution is -0.139. The van der Waals surface area contributed by atoms with Crippen molar-refractivity contribution in [3.63, 3.8) is 0 Å². The van der Waals surface area contributed by atoms with E-state index in [4.69, 9.17) is 0 Å². The number of carbonyl (C=O) groups is 2. The lowest BCUT2D eigenvalue weighted by atomic mass is 10.1. The van der Waals surface area contributed by atoms with Crippen LogP contribution < -0.4 is 0 Å². The summed E-state index contributed by atoms with van der Waals surface area (Å²) in [6.45, 7) is 4.42. The van der Waals surface area contributed by atoms with Crippen molar-refractivity contribution < 1.29 is 9.59 Å². The third-order valence-electron chi connectivity index (χ3n) is 4.73. The van der Waals surface area contributed by atoms with Crippen molar-refractivity contribution in [3.8, 4) is 0 Å². The van der Waals surface area contributed by atoms with Gasteiger partial charge in [0.25, 0.3) is 0 Å². The van der Waals surface area contributed by atoms with E-state index in [0.29, 0.717) is 18.9 Å². The minimum absolute atomic E-state index is 0.158. The first-order valence-corrected chi connectivity index (χ1v) is 7.42. The van der Waals surface area contributed by atoms with Gasteiger partial charge >= 0.3 is 0 Å². The second-order valence-electron chi connectivity index (χ2n) is 6.20. The highest BCUT2D eigenvalue weighted by Crippen LogP contribution is 2.25. The molecule has 0 bridgehead atoms. The van der Waals surface area contributed by atoms with Gasteiger partial charge in [0.15, 0.2) is 0 Å². The Bertz CT molecular complexity index is 385. The van der Waals surface area contributed by atoms with Crippen LogP contribution in [0.3, 0.4) is 0 Å². The maximum Gasteiger partial charge on any atom is 0.245 e. The fourth-order valence-electron chi connectivity index (χ4n) is 3.69. The quantitative estimate of drug-likeness (QED) is 0.714. The molecule has 2 amide bonds. The molecule has 0 aliphatic carbocycles. The standard InChI is InChI=1S/C14H23N3O2/c1-15-7-4-11(9-15)10-16-8-5-13(18)17-6-2-3-12(17)14(16)19/h11-12H,2-10H2,1H3. The summed E-state index contributed by atoms with van der Waals surface area (Å²) in [4.78, 5) is 30.7. The highest BCUT2D eigenvalue weighted by atomic mass is 16.2. The molecule has 0 spiro atoms. The number of hydrogen-bond acceptors (Lipinski definition) is 3. The summed E-state index contributed by atoms with van der Waals surface area (Å²) in [5.41, 5.74) is 0. The van der Waals surface area contributed by atoms with Crippen LogP contribution in [0.2, 0.25) is 0 Å². The van der Waals surface area contributed by atoms with Crippen LogP contribution in [0.5, 0.6) is 0 Å². The molecule has 0 N–H and O–H groups in total. The first-order chi connectivity index (χ1) is 9.15. The van der Waals surface area contributed by atoms with E-state index in [1.54, 1.807) is 0 Å². The number of hydrogen-bond donors (Lipinski definition) is 0. The maximum absolute atomic E-state index is 12.6. The number of rotatable bonds is 2. The van der Waals surface area contributed by atoms with E-state index in [0.717, 1.165) is 39.0 Å². The first kappa shape index (κ1) is 12.9. The molecule has 3 fully saturated rings. The van der Waals surface area contributed by atoms with E-state index in [1.165, 1.54) is 6.42 Å². The monoisotopic (exact) mass is 265 g/mol. The Kier molecular flexibility index (Phi) is 3.48. The number of nitrogens with zero attached hydrogens (tertiary/aromatic N) is 3. The molecule has 0 aromatic heterocycles. The van der Waals surface area contributed by atoms with Crippen molar-refractivity contribution in [2.75, 3.05) is 39.8 Å². The molecule has 0 aromatic carbocycles. The molecule has 2 atom stereocenters. The van der Waals surface area contributed by atoms with Gasteiger partial charge in [-0.3, -0.25) is 9.59 Å². The number of carbonyl (C=O) groups excluding carboxylic acids is 2. The molecule has 3 heterocycles. The highest BCUT2D eigenvalue weighted by Gasteiger charge is 2.39. The number of amides is 2. The van der Waals surface area contributed by atoms with Gasteiger partial charge in [0.1, 0.15) is 6.04 Å². The molecule has 3 rings (SSSR count). The van der Waals surface area contributed by atoms with Gasteiger partial charge in [-0.15, -0.1) is 0 Å². The van der Waals surface area contributed by atoms with Crippen LogP contribution in [-0.2, 0) is 9.59 Å². The van der Waals surface area contributed by atoms with Gasteiger partial charge in [0, 0.05) is 32.6 Å². The van der Waals surface area contributed by atoms with Crippen molar-refractivity contribution in [1.82, 2.24) is 14.7 Å². The third-order valence-corrected chi connectivity index (χ3v) is 4.73. The maximum atomic E-state index is 12.6. The van der Waals surface area contributed by atoms with Gasteiger partial charge < -0.3 is 14.7 Å². The Labute approximate surface area is 114 Å². The average molecular weight is 265 g/mol. The van der Waals surface area contributed by atoms with E-state index in [2.05, 4.69) is 11.9 Å². The van der Waals surface area contributed by atoms with E-state index in [9.17, 15) is 9.59 Å². The molecule has 19 heavy (non-hydrogen) atoms. The topological polar surface area (TPSA) is 43.9 Å². The molecule has 3 aliphatic rings. The molecule has 5 nitrogen and oxygen atoms in total. The molecule has 0 aromatic rings. The van der Waals surface area contributed by atoms with Crippen LogP contribution in [0.1, 0.15) is 25.7 Å². The highest BCUT2D eigenvalue weighted by molar-refractivity contribution is 5.90. The minimum Gasteiger partial charge on any atom is -0.340 e. The lowest BCUT2D eigenvalue weighted by Gasteiger charge is -2.27. The Hall–Kier alpha value is -1.10. The predicted molar refractivity (Wildman–Crippen MR) is 71.5 cm³/mol. The molecule has 0 radical (unpaired) electrons. The molecular formula is C14H23N3O2. The predicted octanol–water partition coefficient (Wildman–Crippen LogP) is 0.161. The van der Waals surface area contributed by atoms with Crippen LogP contribution in [0.4, 0.5) is 0 Å². The summed E-state index contributed by atoms with van der Waals surface area (Å²) in [6.07, 6.45) is 3.50. The molecule has 5 heteroatoms. The van der Waals surface area contributed by atoms with E-state index < -0.39 is 0 Å². The van der Waals surface area contributed by atoms with Crippen molar-refractivity contribution in [2.24, 2.45) is 5.92 Å². The van der Waals surface area contributed by atoms with E-state index >= 15 is 0 Å². The average Bonchev–Trinajstić information content (AvgIpc) is 2.99. The minimum atomic E-state index is -0.158. The van der Waals surface area contributed by atoms with Gasteiger partial charge in [0.05, 0.1) is 0 Å². The molecular weight excluding hydrogens is 242 g/mol. The van der Waals surface area contributed by atoms with Gasteiger partial charge in [-0.1, -0.05) is 0 Å². The Morgan fingerprint density at radius 3 is 2.74 bits per heavy atom. The summed E-state index contributed by atoms with van der Waals surface area (Å²) in [6, 6.07) is -0.158. The van der Waals surface area contributed by atoms with Crippen molar-refractivity contribution >= 4 is 11.8 Å². The van der Waals surface area contributed by atoms with Crippen LogP contribution >= 0.6 is 0 Å². The largest absolute Gasteiger partial charge is 0.340 e. The summed E-state index contributed by atoms with van der Waals surface area (Å²) in [5, 5.41) is 0. The van der Waals surface area contributed by atoms with Gasteiger partial charge in [-0.25, -0.2) is 0 Å². The first-order valence-electron chi connectivity index (χ1n) is 7.42. The van der Waals surface area contributed by atoms with Crippen LogP contribution in [0.25, 0.3) is 0 Å². The number of likely N-dealkylation sites (tertiary alicyclic amines) is 1. The fraction of sp³-hybridized carbons (Fsp3) is 0.857. The van der Waals surface area contributed by atoms with E-state index in [-0.39, 0.29) is 17.9 Å². The number of fused-ring (bicyclic) bond motifs is 1. The Morgan fingerprint density at radius 2 is 2.00 bits per heavy atom. The molecule has 3 aliphatic heterocycles. The Morgan fingerprint density at radius 1 is 1.16 bits per heavy atom. The van der Waals surface area contributed by atoms with Crippen molar-refractivity contribution in [2.45, 2.75) is 31.7 Å². The van der Waals surface area contributed by atoms with E-state index in [1.807, 2.05) is 9.80 Å². The van der Waals surface area contributed by atoms with Crippen molar-refractivity contribution in [1.29, 1.82) is 0 Å². The van der Waals surface area contributed by atoms with Gasteiger partial charge in [0.2, 0.25) is 11.8 Å². The lowest BCUT2D eigenvalue weighted by Crippen LogP contribution is -2.45. The zero-order valence-corrected chi connectivity index (χ0v) is 11.7. The summed E-state index contributed by atoms with van der Waals surface area (Å²) >= 11 is 0. The second-order valence-corrected chi connectivity index (χ2v) is 6.20. The molecule has 3 saturated heterocycles. The molecule has 2 unspecified atom stereocenters. The van der Waals surface area contributed by atoms with Crippen molar-refractivity contribution in [3.05, 3.63) is 0 Å². The van der Waals surface area contributed by atoms with Gasteiger partial charge in [-0.2, -0.15) is 0 Å². The summed E-state index contributed by atoms with van der Waals surface area (Å²) in [7, 11) is 2.13. The summed E-state index contributed by atoms with van der Waals surface area (Å²) in [5.74, 6) is 0.941. The smallest absolute Gasteiger partial charge is 0.245 e. The van der Waals surface area contributed by atoms with Crippen LogP contribution in [-0.4, -0.2) is 72.3 Å². The van der Waals surface area contributed by atoms with Crippen LogP contribution in [0.15, 0.2) is 0 Å². The second kappa shape index (κ2) is 5.12. The SMILES string of the molecule is CN1CCC(CN2CCC(=O)N3CCCC3C2=O)C1. The zero-order chi connectivity index (χ0) is 13.4. The summed E-state index contributed by atoms with van der Waals surface area (Å²) < 4.78 is 0. The van der Waals surface area contributed by atoms with Crippen LogP contribution in [0, 0.1) is 5.92 Å². The third kappa shape index (κ3) is 2.48. The van der Waals surface area contributed by atoms with Gasteiger partial charge in [-0.05, 0) is 38.8 Å². The molecule has 106 valence electrons.